The van der Waals surface area contributed by atoms with Crippen molar-refractivity contribution in [2.24, 2.45) is 5.92 Å². The van der Waals surface area contributed by atoms with Crippen LogP contribution in [-0.4, -0.2) is 79.1 Å². The van der Waals surface area contributed by atoms with E-state index in [9.17, 15) is 14.4 Å². The van der Waals surface area contributed by atoms with Crippen molar-refractivity contribution in [1.29, 1.82) is 0 Å². The van der Waals surface area contributed by atoms with Crippen LogP contribution in [0.4, 0.5) is 0 Å². The zero-order valence-electron chi connectivity index (χ0n) is 25.1. The SMILES string of the molecule is C=C(CN(CC)CC)C(=O)NCC(NC(=O)[C@H](Cc1nc2ccc(CC)cc2s1)NC(=O)CCC)C1CCOCC1. The number of hydrogen-bond donors (Lipinski definition) is 3. The number of nitrogens with zero attached hydrogens (tertiary/aromatic N) is 2. The monoisotopic (exact) mass is 585 g/mol. The minimum atomic E-state index is -0.768. The molecule has 0 spiro atoms. The third-order valence-electron chi connectivity index (χ3n) is 7.69. The van der Waals surface area contributed by atoms with E-state index < -0.39 is 6.04 Å². The first kappa shape index (κ1) is 32.7. The molecule has 1 fully saturated rings. The first-order chi connectivity index (χ1) is 19.8. The summed E-state index contributed by atoms with van der Waals surface area (Å²) in [5.41, 5.74) is 2.63. The lowest BCUT2D eigenvalue weighted by Gasteiger charge is -2.32. The van der Waals surface area contributed by atoms with Crippen LogP contribution in [0.1, 0.15) is 63.9 Å². The number of rotatable bonds is 16. The Morgan fingerprint density at radius 3 is 2.51 bits per heavy atom. The first-order valence-corrected chi connectivity index (χ1v) is 15.8. The van der Waals surface area contributed by atoms with Gasteiger partial charge < -0.3 is 20.7 Å². The van der Waals surface area contributed by atoms with E-state index in [1.807, 2.05) is 13.0 Å². The van der Waals surface area contributed by atoms with Crippen LogP contribution in [0.2, 0.25) is 0 Å². The van der Waals surface area contributed by atoms with E-state index in [-0.39, 0.29) is 36.2 Å². The number of benzene rings is 1. The van der Waals surface area contributed by atoms with Crippen molar-refractivity contribution in [1.82, 2.24) is 25.8 Å². The molecule has 9 nitrogen and oxygen atoms in total. The van der Waals surface area contributed by atoms with Crippen molar-refractivity contribution in [2.45, 2.75) is 78.3 Å². The van der Waals surface area contributed by atoms with E-state index in [2.05, 4.69) is 60.3 Å². The fraction of sp³-hybridized carbons (Fsp3) is 0.613. The summed E-state index contributed by atoms with van der Waals surface area (Å²) in [5.74, 6) is -0.496. The van der Waals surface area contributed by atoms with Gasteiger partial charge in [0.15, 0.2) is 0 Å². The van der Waals surface area contributed by atoms with Crippen molar-refractivity contribution >= 4 is 39.3 Å². The fourth-order valence-electron chi connectivity index (χ4n) is 5.06. The van der Waals surface area contributed by atoms with Crippen LogP contribution < -0.4 is 16.0 Å². The van der Waals surface area contributed by atoms with E-state index in [4.69, 9.17) is 9.72 Å². The molecule has 1 aliphatic heterocycles. The molecule has 3 rings (SSSR count). The number of amides is 3. The number of likely N-dealkylation sites (N-methyl/N-ethyl adjacent to an activating group) is 1. The minimum absolute atomic E-state index is 0.144. The van der Waals surface area contributed by atoms with E-state index >= 15 is 0 Å². The molecule has 41 heavy (non-hydrogen) atoms. The quantitative estimate of drug-likeness (QED) is 0.260. The Hall–Kier alpha value is -2.82. The van der Waals surface area contributed by atoms with Crippen LogP contribution in [0.5, 0.6) is 0 Å². The Kier molecular flexibility index (Phi) is 13.2. The van der Waals surface area contributed by atoms with E-state index in [0.29, 0.717) is 44.6 Å². The van der Waals surface area contributed by atoms with Gasteiger partial charge in [-0.05, 0) is 62.4 Å². The highest BCUT2D eigenvalue weighted by Crippen LogP contribution is 2.25. The molecule has 0 radical (unpaired) electrons. The highest BCUT2D eigenvalue weighted by molar-refractivity contribution is 7.18. The number of aryl methyl sites for hydroxylation is 1. The second-order valence-corrected chi connectivity index (χ2v) is 11.8. The second kappa shape index (κ2) is 16.6. The first-order valence-electron chi connectivity index (χ1n) is 15.0. The van der Waals surface area contributed by atoms with Gasteiger partial charge in [0.25, 0.3) is 0 Å². The average Bonchev–Trinajstić information content (AvgIpc) is 3.39. The largest absolute Gasteiger partial charge is 0.381 e. The Morgan fingerprint density at radius 1 is 1.12 bits per heavy atom. The predicted molar refractivity (Wildman–Crippen MR) is 165 cm³/mol. The van der Waals surface area contributed by atoms with Gasteiger partial charge in [0.2, 0.25) is 17.7 Å². The van der Waals surface area contributed by atoms with Gasteiger partial charge in [-0.25, -0.2) is 4.98 Å². The molecule has 3 N–H and O–H groups in total. The fourth-order valence-corrected chi connectivity index (χ4v) is 6.13. The molecule has 1 aromatic carbocycles. The number of aromatic nitrogens is 1. The topological polar surface area (TPSA) is 113 Å². The molecule has 2 atom stereocenters. The molecule has 0 aliphatic carbocycles. The lowest BCUT2D eigenvalue weighted by atomic mass is 9.91. The Morgan fingerprint density at radius 2 is 1.85 bits per heavy atom. The number of fused-ring (bicyclic) bond motifs is 1. The molecule has 226 valence electrons. The summed E-state index contributed by atoms with van der Waals surface area (Å²) >= 11 is 1.56. The predicted octanol–water partition coefficient (Wildman–Crippen LogP) is 3.61. The Bertz CT molecular complexity index is 1170. The van der Waals surface area contributed by atoms with Crippen LogP contribution in [0.3, 0.4) is 0 Å². The van der Waals surface area contributed by atoms with E-state index in [1.165, 1.54) is 5.56 Å². The standard InChI is InChI=1S/C31H47N5O4S/c1-6-10-28(37)33-25(18-29-34-24-12-11-22(7-2)17-27(24)41-29)31(39)35-26(23-13-15-40-16-14-23)19-32-30(38)21(5)20-36(8-3)9-4/h11-12,17,23,25-26H,5-10,13-16,18-20H2,1-4H3,(H,32,38)(H,33,37)(H,35,39)/t25-,26?/m0/s1. The van der Waals surface area contributed by atoms with Crippen molar-refractivity contribution in [2.75, 3.05) is 39.4 Å². The molecule has 1 saturated heterocycles. The summed E-state index contributed by atoms with van der Waals surface area (Å²) in [7, 11) is 0. The van der Waals surface area contributed by atoms with E-state index in [0.717, 1.165) is 47.6 Å². The summed E-state index contributed by atoms with van der Waals surface area (Å²) in [6.07, 6.45) is 3.84. The number of thiazole rings is 1. The molecule has 1 aliphatic rings. The zero-order chi connectivity index (χ0) is 29.8. The maximum absolute atomic E-state index is 13.7. The van der Waals surface area contributed by atoms with Crippen LogP contribution in [0.25, 0.3) is 10.2 Å². The summed E-state index contributed by atoms with van der Waals surface area (Å²) < 4.78 is 6.63. The highest BCUT2D eigenvalue weighted by atomic mass is 32.1. The smallest absolute Gasteiger partial charge is 0.247 e. The van der Waals surface area contributed by atoms with Gasteiger partial charge in [-0.15, -0.1) is 11.3 Å². The lowest BCUT2D eigenvalue weighted by molar-refractivity contribution is -0.130. The summed E-state index contributed by atoms with van der Waals surface area (Å²) in [5, 5.41) is 9.92. The van der Waals surface area contributed by atoms with Crippen LogP contribution in [0, 0.1) is 5.92 Å². The molecule has 0 bridgehead atoms. The molecule has 0 saturated carbocycles. The van der Waals surface area contributed by atoms with Crippen LogP contribution in [0.15, 0.2) is 30.4 Å². The zero-order valence-corrected chi connectivity index (χ0v) is 25.9. The average molecular weight is 586 g/mol. The number of ether oxygens (including phenoxy) is 1. The molecule has 2 aromatic rings. The highest BCUT2D eigenvalue weighted by Gasteiger charge is 2.30. The summed E-state index contributed by atoms with van der Waals surface area (Å²) in [4.78, 5) is 46.1. The van der Waals surface area contributed by atoms with Crippen LogP contribution >= 0.6 is 11.3 Å². The number of carbonyl (C=O) groups is 3. The van der Waals surface area contributed by atoms with E-state index in [1.54, 1.807) is 11.3 Å². The van der Waals surface area contributed by atoms with Gasteiger partial charge in [-0.1, -0.05) is 40.3 Å². The molecular formula is C31H47N5O4S. The van der Waals surface area contributed by atoms with Crippen molar-refractivity contribution in [3.8, 4) is 0 Å². The van der Waals surface area contributed by atoms with Gasteiger partial charge in [-0.2, -0.15) is 0 Å². The normalized spacial score (nSPS) is 15.4. The molecule has 10 heteroatoms. The molecule has 2 heterocycles. The number of hydrogen-bond acceptors (Lipinski definition) is 7. The minimum Gasteiger partial charge on any atom is -0.381 e. The lowest BCUT2D eigenvalue weighted by Crippen LogP contribution is -2.55. The summed E-state index contributed by atoms with van der Waals surface area (Å²) in [6, 6.07) is 5.15. The van der Waals surface area contributed by atoms with Gasteiger partial charge in [0, 0.05) is 50.8 Å². The third kappa shape index (κ3) is 9.90. The third-order valence-corrected chi connectivity index (χ3v) is 8.73. The summed E-state index contributed by atoms with van der Waals surface area (Å²) in [6.45, 7) is 15.8. The number of carbonyl (C=O) groups excluding carboxylic acids is 3. The molecule has 3 amide bonds. The number of nitrogens with one attached hydrogen (secondary N) is 3. The Balaban J connectivity index is 1.74. The second-order valence-electron chi connectivity index (χ2n) is 10.7. The Labute approximate surface area is 248 Å². The van der Waals surface area contributed by atoms with Crippen LogP contribution in [-0.2, 0) is 32.0 Å². The maximum Gasteiger partial charge on any atom is 0.247 e. The van der Waals surface area contributed by atoms with Crippen molar-refractivity contribution < 1.29 is 19.1 Å². The van der Waals surface area contributed by atoms with Crippen molar-refractivity contribution in [3.63, 3.8) is 0 Å². The molecule has 1 aromatic heterocycles. The van der Waals surface area contributed by atoms with Crippen molar-refractivity contribution in [3.05, 3.63) is 40.9 Å². The van der Waals surface area contributed by atoms with Gasteiger partial charge >= 0.3 is 0 Å². The molecule has 1 unspecified atom stereocenters. The molecular weight excluding hydrogens is 538 g/mol. The van der Waals surface area contributed by atoms with Gasteiger partial charge in [0.1, 0.15) is 6.04 Å². The van der Waals surface area contributed by atoms with Gasteiger partial charge in [0.05, 0.1) is 15.2 Å². The van der Waals surface area contributed by atoms with Gasteiger partial charge in [-0.3, -0.25) is 19.3 Å². The maximum atomic E-state index is 13.7.